The minimum atomic E-state index is -1.12. The first-order valence-electron chi connectivity index (χ1n) is 3.31. The van der Waals surface area contributed by atoms with Crippen LogP contribution in [-0.2, 0) is 4.79 Å². The number of anilines is 1. The molecule has 64 valence electrons. The van der Waals surface area contributed by atoms with Gasteiger partial charge in [-0.15, -0.1) is 0 Å². The van der Waals surface area contributed by atoms with E-state index in [1.165, 1.54) is 6.20 Å². The minimum absolute atomic E-state index is 0.160. The van der Waals surface area contributed by atoms with Gasteiger partial charge in [0.25, 0.3) is 0 Å². The van der Waals surface area contributed by atoms with Crippen molar-refractivity contribution in [2.24, 2.45) is 5.73 Å². The molecule has 5 heteroatoms. The molecular formula is C7H9N3O2. The molecule has 5 nitrogen and oxygen atoms in total. The number of nitrogens with two attached hydrogens (primary N) is 2. The first-order chi connectivity index (χ1) is 5.63. The number of nitrogen functional groups attached to an aromatic ring is 1. The Hall–Kier alpha value is -1.62. The molecule has 1 heterocycles. The van der Waals surface area contributed by atoms with Crippen LogP contribution < -0.4 is 11.5 Å². The molecule has 0 aromatic carbocycles. The third-order valence-corrected chi connectivity index (χ3v) is 1.47. The molecule has 1 aromatic heterocycles. The number of carboxylic acid groups (broad SMARTS) is 1. The predicted molar refractivity (Wildman–Crippen MR) is 43.2 cm³/mol. The normalized spacial score (nSPS) is 12.4. The lowest BCUT2D eigenvalue weighted by Gasteiger charge is -2.07. The molecule has 0 aliphatic heterocycles. The van der Waals surface area contributed by atoms with Gasteiger partial charge in [-0.1, -0.05) is 6.07 Å². The van der Waals surface area contributed by atoms with Gasteiger partial charge in [0.15, 0.2) is 0 Å². The molecule has 1 atom stereocenters. The van der Waals surface area contributed by atoms with E-state index in [4.69, 9.17) is 16.6 Å². The Kier molecular flexibility index (Phi) is 2.25. The maximum absolute atomic E-state index is 10.4. The highest BCUT2D eigenvalue weighted by atomic mass is 16.4. The van der Waals surface area contributed by atoms with Crippen LogP contribution >= 0.6 is 0 Å². The van der Waals surface area contributed by atoms with E-state index in [2.05, 4.69) is 4.98 Å². The van der Waals surface area contributed by atoms with Crippen LogP contribution in [0.3, 0.4) is 0 Å². The van der Waals surface area contributed by atoms with Gasteiger partial charge in [-0.25, -0.2) is 4.98 Å². The number of pyridine rings is 1. The van der Waals surface area contributed by atoms with Gasteiger partial charge in [-0.2, -0.15) is 0 Å². The van der Waals surface area contributed by atoms with Gasteiger partial charge in [-0.05, 0) is 6.07 Å². The topological polar surface area (TPSA) is 102 Å². The monoisotopic (exact) mass is 167 g/mol. The van der Waals surface area contributed by atoms with Crippen molar-refractivity contribution in [3.8, 4) is 0 Å². The van der Waals surface area contributed by atoms with Crippen LogP contribution in [0, 0.1) is 0 Å². The molecule has 0 aliphatic carbocycles. The second kappa shape index (κ2) is 3.19. The lowest BCUT2D eigenvalue weighted by atomic mass is 10.1. The van der Waals surface area contributed by atoms with Crippen molar-refractivity contribution in [2.45, 2.75) is 6.04 Å². The first-order valence-corrected chi connectivity index (χ1v) is 3.31. The smallest absolute Gasteiger partial charge is 0.325 e. The molecule has 0 spiro atoms. The van der Waals surface area contributed by atoms with Crippen LogP contribution in [0.15, 0.2) is 18.3 Å². The van der Waals surface area contributed by atoms with Gasteiger partial charge < -0.3 is 16.6 Å². The number of hydrogen-bond acceptors (Lipinski definition) is 4. The lowest BCUT2D eigenvalue weighted by molar-refractivity contribution is -0.138. The number of nitrogens with zero attached hydrogens (tertiary/aromatic N) is 1. The maximum Gasteiger partial charge on any atom is 0.325 e. The first kappa shape index (κ1) is 8.48. The van der Waals surface area contributed by atoms with Crippen molar-refractivity contribution in [1.29, 1.82) is 0 Å². The molecule has 0 radical (unpaired) electrons. The molecule has 1 aromatic rings. The summed E-state index contributed by atoms with van der Waals surface area (Å²) in [6.45, 7) is 0. The van der Waals surface area contributed by atoms with Gasteiger partial charge in [-0.3, -0.25) is 4.79 Å². The van der Waals surface area contributed by atoms with E-state index in [-0.39, 0.29) is 5.82 Å². The number of aromatic nitrogens is 1. The summed E-state index contributed by atoms with van der Waals surface area (Å²) in [5.41, 5.74) is 11.1. The van der Waals surface area contributed by atoms with Gasteiger partial charge in [0.2, 0.25) is 0 Å². The molecule has 0 fully saturated rings. The number of carbonyl (C=O) groups is 1. The third kappa shape index (κ3) is 1.51. The van der Waals surface area contributed by atoms with E-state index in [9.17, 15) is 4.79 Å². The van der Waals surface area contributed by atoms with E-state index >= 15 is 0 Å². The zero-order chi connectivity index (χ0) is 9.14. The highest BCUT2D eigenvalue weighted by molar-refractivity contribution is 5.76. The maximum atomic E-state index is 10.4. The fourth-order valence-corrected chi connectivity index (χ4v) is 0.826. The van der Waals surface area contributed by atoms with E-state index in [0.717, 1.165) is 0 Å². The molecule has 1 unspecified atom stereocenters. The van der Waals surface area contributed by atoms with Crippen LogP contribution in [0.4, 0.5) is 5.82 Å². The summed E-state index contributed by atoms with van der Waals surface area (Å²) < 4.78 is 0. The van der Waals surface area contributed by atoms with Crippen LogP contribution in [0.2, 0.25) is 0 Å². The van der Waals surface area contributed by atoms with Crippen LogP contribution in [0.5, 0.6) is 0 Å². The Morgan fingerprint density at radius 2 is 2.33 bits per heavy atom. The standard InChI is InChI=1S/C7H9N3O2/c8-5(7(11)12)4-2-1-3-10-6(4)9/h1-3,5H,8H2,(H2,9,10)(H,11,12). The van der Waals surface area contributed by atoms with Gasteiger partial charge >= 0.3 is 5.97 Å². The summed E-state index contributed by atoms with van der Waals surface area (Å²) in [5, 5.41) is 8.55. The number of rotatable bonds is 2. The Balaban J connectivity index is 3.02. The zero-order valence-electron chi connectivity index (χ0n) is 6.27. The van der Waals surface area contributed by atoms with Crippen LogP contribution in [0.1, 0.15) is 11.6 Å². The minimum Gasteiger partial charge on any atom is -0.480 e. The Morgan fingerprint density at radius 1 is 1.67 bits per heavy atom. The van der Waals surface area contributed by atoms with Crippen molar-refractivity contribution < 1.29 is 9.90 Å². The Bertz CT molecular complexity index is 300. The van der Waals surface area contributed by atoms with Crippen LogP contribution in [0.25, 0.3) is 0 Å². The molecule has 1 rings (SSSR count). The molecule has 0 amide bonds. The summed E-state index contributed by atoms with van der Waals surface area (Å²) in [5.74, 6) is -0.956. The molecule has 0 bridgehead atoms. The van der Waals surface area contributed by atoms with Gasteiger partial charge in [0.05, 0.1) is 0 Å². The average molecular weight is 167 g/mol. The van der Waals surface area contributed by atoms with Crippen molar-refractivity contribution in [1.82, 2.24) is 4.98 Å². The van der Waals surface area contributed by atoms with Crippen LogP contribution in [-0.4, -0.2) is 16.1 Å². The molecular weight excluding hydrogens is 158 g/mol. The average Bonchev–Trinajstić information content (AvgIpc) is 2.04. The van der Waals surface area contributed by atoms with Gasteiger partial charge in [0, 0.05) is 11.8 Å². The van der Waals surface area contributed by atoms with Crippen molar-refractivity contribution in [2.75, 3.05) is 5.73 Å². The number of aliphatic carboxylic acids is 1. The fraction of sp³-hybridized carbons (Fsp3) is 0.143. The van der Waals surface area contributed by atoms with Gasteiger partial charge in [0.1, 0.15) is 11.9 Å². The molecule has 0 saturated carbocycles. The predicted octanol–water partition coefficient (Wildman–Crippen LogP) is -0.252. The summed E-state index contributed by atoms with van der Waals surface area (Å²) in [4.78, 5) is 14.2. The molecule has 0 saturated heterocycles. The highest BCUT2D eigenvalue weighted by Gasteiger charge is 2.16. The number of carboxylic acids is 1. The third-order valence-electron chi connectivity index (χ3n) is 1.47. The molecule has 12 heavy (non-hydrogen) atoms. The molecule has 0 aliphatic rings. The van der Waals surface area contributed by atoms with E-state index in [1.54, 1.807) is 12.1 Å². The molecule has 5 N–H and O–H groups in total. The summed E-state index contributed by atoms with van der Waals surface area (Å²) in [6.07, 6.45) is 1.48. The quantitative estimate of drug-likeness (QED) is 0.563. The highest BCUT2D eigenvalue weighted by Crippen LogP contribution is 2.14. The Labute approximate surface area is 69.0 Å². The second-order valence-electron chi connectivity index (χ2n) is 2.29. The van der Waals surface area contributed by atoms with Crippen molar-refractivity contribution in [3.63, 3.8) is 0 Å². The summed E-state index contributed by atoms with van der Waals surface area (Å²) in [6, 6.07) is 2.04. The fourth-order valence-electron chi connectivity index (χ4n) is 0.826. The largest absolute Gasteiger partial charge is 0.480 e. The van der Waals surface area contributed by atoms with E-state index in [0.29, 0.717) is 5.56 Å². The Morgan fingerprint density at radius 3 is 2.83 bits per heavy atom. The van der Waals surface area contributed by atoms with Crippen molar-refractivity contribution >= 4 is 11.8 Å². The van der Waals surface area contributed by atoms with E-state index < -0.39 is 12.0 Å². The SMILES string of the molecule is Nc1ncccc1C(N)C(=O)O. The van der Waals surface area contributed by atoms with Crippen molar-refractivity contribution in [3.05, 3.63) is 23.9 Å². The second-order valence-corrected chi connectivity index (χ2v) is 2.29. The van der Waals surface area contributed by atoms with E-state index in [1.807, 2.05) is 0 Å². The lowest BCUT2D eigenvalue weighted by Crippen LogP contribution is -2.22. The zero-order valence-corrected chi connectivity index (χ0v) is 6.27. The summed E-state index contributed by atoms with van der Waals surface area (Å²) in [7, 11) is 0. The number of hydrogen-bond donors (Lipinski definition) is 3. The summed E-state index contributed by atoms with van der Waals surface area (Å²) >= 11 is 0.